The maximum Gasteiger partial charge on any atom is 0.233 e. The van der Waals surface area contributed by atoms with Crippen LogP contribution in [0.1, 0.15) is 11.1 Å². The third kappa shape index (κ3) is 5.02. The SMILES string of the molecule is COc1ccc(OC)c2sc(N(Cc3cccnc3)C(=O)Cc3ccc(S(C)(=O)=O)cc3)nc12. The monoisotopic (exact) mass is 497 g/mol. The molecule has 2 aromatic carbocycles. The molecule has 0 saturated heterocycles. The topological polar surface area (TPSA) is 98.7 Å². The summed E-state index contributed by atoms with van der Waals surface area (Å²) in [7, 11) is -0.159. The molecule has 0 N–H and O–H groups in total. The molecule has 0 radical (unpaired) electrons. The second-order valence-electron chi connectivity index (χ2n) is 7.58. The Morgan fingerprint density at radius 3 is 2.32 bits per heavy atom. The summed E-state index contributed by atoms with van der Waals surface area (Å²) in [4.78, 5) is 24.2. The summed E-state index contributed by atoms with van der Waals surface area (Å²) in [6.45, 7) is 0.276. The number of hydrogen-bond acceptors (Lipinski definition) is 8. The van der Waals surface area contributed by atoms with Crippen molar-refractivity contribution in [1.29, 1.82) is 0 Å². The summed E-state index contributed by atoms with van der Waals surface area (Å²) in [5, 5.41) is 0.499. The third-order valence-electron chi connectivity index (χ3n) is 5.20. The van der Waals surface area contributed by atoms with Crippen molar-refractivity contribution >= 4 is 42.4 Å². The number of benzene rings is 2. The van der Waals surface area contributed by atoms with E-state index in [1.54, 1.807) is 55.8 Å². The van der Waals surface area contributed by atoms with Crippen LogP contribution in [0.4, 0.5) is 5.13 Å². The van der Waals surface area contributed by atoms with Gasteiger partial charge in [-0.3, -0.25) is 14.7 Å². The molecule has 0 aliphatic rings. The number of rotatable bonds is 8. The van der Waals surface area contributed by atoms with Gasteiger partial charge in [0.05, 0.1) is 32.1 Å². The van der Waals surface area contributed by atoms with Gasteiger partial charge in [-0.05, 0) is 41.5 Å². The molecule has 1 amide bonds. The van der Waals surface area contributed by atoms with Crippen molar-refractivity contribution in [3.8, 4) is 11.5 Å². The van der Waals surface area contributed by atoms with Gasteiger partial charge in [-0.15, -0.1) is 0 Å². The van der Waals surface area contributed by atoms with E-state index in [-0.39, 0.29) is 23.8 Å². The van der Waals surface area contributed by atoms with E-state index in [0.717, 1.165) is 16.5 Å². The van der Waals surface area contributed by atoms with Crippen LogP contribution in [0.5, 0.6) is 11.5 Å². The Balaban J connectivity index is 1.72. The van der Waals surface area contributed by atoms with Crippen molar-refractivity contribution < 1.29 is 22.7 Å². The van der Waals surface area contributed by atoms with E-state index in [4.69, 9.17) is 14.5 Å². The predicted octanol–water partition coefficient (Wildman–Crippen LogP) is 3.89. The van der Waals surface area contributed by atoms with Crippen LogP contribution in [0.25, 0.3) is 10.2 Å². The summed E-state index contributed by atoms with van der Waals surface area (Å²) in [6, 6.07) is 13.6. The van der Waals surface area contributed by atoms with Crippen molar-refractivity contribution in [2.75, 3.05) is 25.4 Å². The van der Waals surface area contributed by atoms with Gasteiger partial charge in [0.1, 0.15) is 21.7 Å². The molecule has 4 rings (SSSR count). The third-order valence-corrected chi connectivity index (χ3v) is 7.42. The van der Waals surface area contributed by atoms with Gasteiger partial charge < -0.3 is 9.47 Å². The van der Waals surface area contributed by atoms with Crippen molar-refractivity contribution in [3.63, 3.8) is 0 Å². The van der Waals surface area contributed by atoms with Crippen molar-refractivity contribution in [2.24, 2.45) is 0 Å². The average molecular weight is 498 g/mol. The van der Waals surface area contributed by atoms with E-state index < -0.39 is 9.84 Å². The second kappa shape index (κ2) is 9.78. The van der Waals surface area contributed by atoms with Gasteiger partial charge in [0.25, 0.3) is 0 Å². The number of anilines is 1. The largest absolute Gasteiger partial charge is 0.495 e. The molecular formula is C24H23N3O5S2. The minimum Gasteiger partial charge on any atom is -0.495 e. The molecule has 0 spiro atoms. The first kappa shape index (κ1) is 23.7. The number of carbonyl (C=O) groups excluding carboxylic acids is 1. The Bertz CT molecular complexity index is 1380. The quantitative estimate of drug-likeness (QED) is 0.364. The van der Waals surface area contributed by atoms with E-state index in [9.17, 15) is 13.2 Å². The molecule has 4 aromatic rings. The average Bonchev–Trinajstić information content (AvgIpc) is 3.27. The maximum absolute atomic E-state index is 13.5. The standard InChI is InChI=1S/C24H23N3O5S2/c1-31-19-10-11-20(32-2)23-22(19)26-24(33-23)27(15-17-5-4-12-25-14-17)21(28)13-16-6-8-18(9-7-16)34(3,29)30/h4-12,14H,13,15H2,1-3H3. The lowest BCUT2D eigenvalue weighted by Gasteiger charge is -2.20. The van der Waals surface area contributed by atoms with Crippen LogP contribution >= 0.6 is 11.3 Å². The zero-order valence-electron chi connectivity index (χ0n) is 18.9. The number of pyridine rings is 1. The van der Waals surface area contributed by atoms with Crippen LogP contribution in [0, 0.1) is 0 Å². The van der Waals surface area contributed by atoms with Gasteiger partial charge in [0.2, 0.25) is 5.91 Å². The fourth-order valence-electron chi connectivity index (χ4n) is 3.45. The molecule has 0 saturated carbocycles. The van der Waals surface area contributed by atoms with Crippen molar-refractivity contribution in [1.82, 2.24) is 9.97 Å². The zero-order chi connectivity index (χ0) is 24.3. The number of methoxy groups -OCH3 is 2. The molecule has 8 nitrogen and oxygen atoms in total. The minimum atomic E-state index is -3.31. The lowest BCUT2D eigenvalue weighted by Crippen LogP contribution is -2.31. The summed E-state index contributed by atoms with van der Waals surface area (Å²) >= 11 is 1.34. The van der Waals surface area contributed by atoms with Crippen LogP contribution in [0.2, 0.25) is 0 Å². The number of fused-ring (bicyclic) bond motifs is 1. The molecule has 176 valence electrons. The number of thiazole rings is 1. The van der Waals surface area contributed by atoms with Crippen LogP contribution in [0.15, 0.2) is 65.8 Å². The van der Waals surface area contributed by atoms with Gasteiger partial charge in [-0.25, -0.2) is 13.4 Å². The second-order valence-corrected chi connectivity index (χ2v) is 10.6. The smallest absolute Gasteiger partial charge is 0.233 e. The molecule has 0 atom stereocenters. The fraction of sp³-hybridized carbons (Fsp3) is 0.208. The summed E-state index contributed by atoms with van der Waals surface area (Å²) in [6.07, 6.45) is 4.61. The molecule has 34 heavy (non-hydrogen) atoms. The Kier molecular flexibility index (Phi) is 6.80. The number of carbonyl (C=O) groups is 1. The molecule has 0 aliphatic heterocycles. The molecule has 0 unspecified atom stereocenters. The zero-order valence-corrected chi connectivity index (χ0v) is 20.5. The highest BCUT2D eigenvalue weighted by molar-refractivity contribution is 7.90. The number of amides is 1. The first-order chi connectivity index (χ1) is 16.3. The highest BCUT2D eigenvalue weighted by Gasteiger charge is 2.23. The first-order valence-corrected chi connectivity index (χ1v) is 13.0. The van der Waals surface area contributed by atoms with Gasteiger partial charge >= 0.3 is 0 Å². The highest BCUT2D eigenvalue weighted by atomic mass is 32.2. The Hall–Kier alpha value is -3.50. The van der Waals surface area contributed by atoms with Crippen LogP contribution < -0.4 is 14.4 Å². The lowest BCUT2D eigenvalue weighted by atomic mass is 10.1. The molecule has 0 fully saturated rings. The van der Waals surface area contributed by atoms with Crippen molar-refractivity contribution in [3.05, 3.63) is 72.1 Å². The summed E-state index contributed by atoms with van der Waals surface area (Å²) in [5.41, 5.74) is 2.16. The van der Waals surface area contributed by atoms with E-state index in [1.165, 1.54) is 23.5 Å². The molecule has 2 heterocycles. The fourth-order valence-corrected chi connectivity index (χ4v) is 5.17. The minimum absolute atomic E-state index is 0.0779. The summed E-state index contributed by atoms with van der Waals surface area (Å²) < 4.78 is 35.2. The number of ether oxygens (including phenoxy) is 2. The van der Waals surface area contributed by atoms with Gasteiger partial charge in [-0.2, -0.15) is 0 Å². The molecular weight excluding hydrogens is 474 g/mol. The Labute approximate surface area is 201 Å². The predicted molar refractivity (Wildman–Crippen MR) is 131 cm³/mol. The van der Waals surface area contributed by atoms with Gasteiger partial charge in [-0.1, -0.05) is 29.5 Å². The van der Waals surface area contributed by atoms with E-state index in [1.807, 2.05) is 12.1 Å². The number of sulfone groups is 1. The molecule has 10 heteroatoms. The van der Waals surface area contributed by atoms with Crippen molar-refractivity contribution in [2.45, 2.75) is 17.9 Å². The van der Waals surface area contributed by atoms with E-state index in [0.29, 0.717) is 27.7 Å². The van der Waals surface area contributed by atoms with E-state index >= 15 is 0 Å². The maximum atomic E-state index is 13.5. The highest BCUT2D eigenvalue weighted by Crippen LogP contribution is 2.40. The lowest BCUT2D eigenvalue weighted by molar-refractivity contribution is -0.118. The van der Waals surface area contributed by atoms with Gasteiger partial charge in [0.15, 0.2) is 15.0 Å². The Morgan fingerprint density at radius 1 is 1.00 bits per heavy atom. The van der Waals surface area contributed by atoms with Crippen LogP contribution in [-0.2, 0) is 27.6 Å². The first-order valence-electron chi connectivity index (χ1n) is 10.3. The van der Waals surface area contributed by atoms with E-state index in [2.05, 4.69) is 4.98 Å². The molecule has 2 aromatic heterocycles. The van der Waals surface area contributed by atoms with Crippen LogP contribution in [-0.4, -0.2) is 44.8 Å². The molecule has 0 aliphatic carbocycles. The number of aromatic nitrogens is 2. The normalized spacial score (nSPS) is 11.4. The number of hydrogen-bond donors (Lipinski definition) is 0. The number of nitrogens with zero attached hydrogens (tertiary/aromatic N) is 3. The summed E-state index contributed by atoms with van der Waals surface area (Å²) in [5.74, 6) is 1.04. The molecule has 0 bridgehead atoms. The van der Waals surface area contributed by atoms with Crippen LogP contribution in [0.3, 0.4) is 0 Å². The van der Waals surface area contributed by atoms with Gasteiger partial charge in [0, 0.05) is 18.6 Å². The Morgan fingerprint density at radius 2 is 1.71 bits per heavy atom.